The molecule has 1 aliphatic carbocycles. The fraction of sp³-hybridized carbons (Fsp3) is 0.0769. The van der Waals surface area contributed by atoms with Gasteiger partial charge in [-0.05, 0) is 40.5 Å². The molecule has 0 heterocycles. The lowest BCUT2D eigenvalue weighted by Gasteiger charge is -2.03. The van der Waals surface area contributed by atoms with Gasteiger partial charge >= 0.3 is 0 Å². The number of hydrogen-bond acceptors (Lipinski definition) is 2. The van der Waals surface area contributed by atoms with Crippen LogP contribution in [0.1, 0.15) is 16.0 Å². The van der Waals surface area contributed by atoms with Crippen molar-refractivity contribution in [3.8, 4) is 11.1 Å². The Morgan fingerprint density at radius 3 is 2.39 bits per heavy atom. The van der Waals surface area contributed by atoms with Gasteiger partial charge in [-0.15, -0.1) is 0 Å². The number of nitro benzene ring substituents is 1. The van der Waals surface area contributed by atoms with Gasteiger partial charge in [-0.1, -0.05) is 22.0 Å². The molecule has 0 fully saturated rings. The zero-order valence-corrected chi connectivity index (χ0v) is 10.6. The Morgan fingerprint density at radius 2 is 1.72 bits per heavy atom. The van der Waals surface area contributed by atoms with Crippen molar-refractivity contribution in [3.63, 3.8) is 0 Å². The van der Waals surface area contributed by atoms with Crippen molar-refractivity contribution in [3.05, 3.63) is 63.5 Å². The molecule has 18 heavy (non-hydrogen) atoms. The molecule has 0 bridgehead atoms. The molecule has 0 N–H and O–H groups in total. The summed E-state index contributed by atoms with van der Waals surface area (Å²) in [7, 11) is 0. The number of fused-ring (bicyclic) bond motifs is 3. The summed E-state index contributed by atoms with van der Waals surface area (Å²) in [6.45, 7) is 0. The Bertz CT molecular complexity index is 672. The standard InChI is InChI=1S/C13H7BrFNO2/c14-13-11-5-7(15)1-3-9(11)10-4-2-8(16(17)18)6-12(10)13/h1-6,13H/t13-/m1/s1. The van der Waals surface area contributed by atoms with Gasteiger partial charge in [0.15, 0.2) is 0 Å². The van der Waals surface area contributed by atoms with Crippen LogP contribution in [0.2, 0.25) is 0 Å². The Kier molecular flexibility index (Phi) is 2.45. The third kappa shape index (κ3) is 1.54. The molecule has 90 valence electrons. The number of nitro groups is 1. The lowest BCUT2D eigenvalue weighted by molar-refractivity contribution is -0.384. The van der Waals surface area contributed by atoms with Crippen molar-refractivity contribution < 1.29 is 9.31 Å². The van der Waals surface area contributed by atoms with Crippen LogP contribution in [0.3, 0.4) is 0 Å². The Hall–Kier alpha value is -1.75. The largest absolute Gasteiger partial charge is 0.269 e. The van der Waals surface area contributed by atoms with Crippen molar-refractivity contribution in [2.24, 2.45) is 0 Å². The summed E-state index contributed by atoms with van der Waals surface area (Å²) in [5.74, 6) is -0.305. The summed E-state index contributed by atoms with van der Waals surface area (Å²) in [5, 5.41) is 10.8. The first kappa shape index (κ1) is 11.3. The first-order chi connectivity index (χ1) is 8.58. The number of nitrogens with zero attached hydrogens (tertiary/aromatic N) is 1. The fourth-order valence-corrected chi connectivity index (χ4v) is 3.03. The Labute approximate surface area is 111 Å². The van der Waals surface area contributed by atoms with Crippen LogP contribution in [0.25, 0.3) is 11.1 Å². The smallest absolute Gasteiger partial charge is 0.258 e. The minimum Gasteiger partial charge on any atom is -0.258 e. The minimum atomic E-state index is -0.427. The highest BCUT2D eigenvalue weighted by atomic mass is 79.9. The quantitative estimate of drug-likeness (QED) is 0.450. The van der Waals surface area contributed by atoms with Crippen molar-refractivity contribution >= 4 is 21.6 Å². The van der Waals surface area contributed by atoms with Gasteiger partial charge in [0.05, 0.1) is 9.75 Å². The van der Waals surface area contributed by atoms with E-state index in [2.05, 4.69) is 15.9 Å². The summed E-state index contributed by atoms with van der Waals surface area (Å²) >= 11 is 3.46. The third-order valence-electron chi connectivity index (χ3n) is 3.10. The molecule has 2 aromatic rings. The summed E-state index contributed by atoms with van der Waals surface area (Å²) in [6, 6.07) is 9.28. The molecule has 5 heteroatoms. The van der Waals surface area contributed by atoms with Crippen LogP contribution in [0, 0.1) is 15.9 Å². The highest BCUT2D eigenvalue weighted by Crippen LogP contribution is 2.48. The maximum Gasteiger partial charge on any atom is 0.269 e. The van der Waals surface area contributed by atoms with Crippen molar-refractivity contribution in [1.82, 2.24) is 0 Å². The number of non-ortho nitro benzene ring substituents is 1. The second-order valence-corrected chi connectivity index (χ2v) is 5.04. The van der Waals surface area contributed by atoms with Gasteiger partial charge in [0.1, 0.15) is 5.82 Å². The fourth-order valence-electron chi connectivity index (χ4n) is 2.27. The van der Waals surface area contributed by atoms with Crippen molar-refractivity contribution in [1.29, 1.82) is 0 Å². The molecular weight excluding hydrogens is 301 g/mol. The molecule has 1 atom stereocenters. The van der Waals surface area contributed by atoms with Crippen LogP contribution in [0.4, 0.5) is 10.1 Å². The molecular formula is C13H7BrFNO2. The second kappa shape index (κ2) is 3.88. The van der Waals surface area contributed by atoms with Crippen molar-refractivity contribution in [2.45, 2.75) is 4.83 Å². The van der Waals surface area contributed by atoms with Crippen LogP contribution in [0.5, 0.6) is 0 Å². The molecule has 0 aliphatic heterocycles. The normalized spacial score (nSPS) is 16.2. The zero-order valence-electron chi connectivity index (χ0n) is 9.06. The zero-order chi connectivity index (χ0) is 12.9. The molecule has 3 rings (SSSR count). The Morgan fingerprint density at radius 1 is 1.11 bits per heavy atom. The van der Waals surface area contributed by atoms with E-state index in [0.717, 1.165) is 22.3 Å². The summed E-state index contributed by atoms with van der Waals surface area (Å²) in [6.07, 6.45) is 0. The molecule has 0 saturated heterocycles. The average Bonchev–Trinajstić information content (AvgIpc) is 2.62. The SMILES string of the molecule is O=[N+]([O-])c1ccc2c(c1)[C@H](Br)c1cc(F)ccc1-2. The molecule has 2 aromatic carbocycles. The number of hydrogen-bond donors (Lipinski definition) is 0. The molecule has 1 aliphatic rings. The van der Waals surface area contributed by atoms with Crippen LogP contribution in [-0.2, 0) is 0 Å². The first-order valence-corrected chi connectivity index (χ1v) is 6.22. The lowest BCUT2D eigenvalue weighted by Crippen LogP contribution is -1.91. The minimum absolute atomic E-state index is 0.0477. The summed E-state index contributed by atoms with van der Waals surface area (Å²) in [5.41, 5.74) is 3.50. The number of halogens is 2. The van der Waals surface area contributed by atoms with E-state index in [-0.39, 0.29) is 16.3 Å². The maximum atomic E-state index is 13.2. The van der Waals surface area contributed by atoms with E-state index >= 15 is 0 Å². The maximum absolute atomic E-state index is 13.2. The number of alkyl halides is 1. The molecule has 3 nitrogen and oxygen atoms in total. The first-order valence-electron chi connectivity index (χ1n) is 5.30. The number of benzene rings is 2. The number of rotatable bonds is 1. The molecule has 0 saturated carbocycles. The van der Waals surface area contributed by atoms with E-state index in [4.69, 9.17) is 0 Å². The topological polar surface area (TPSA) is 43.1 Å². The van der Waals surface area contributed by atoms with E-state index in [1.165, 1.54) is 24.3 Å². The Balaban J connectivity index is 2.23. The predicted octanol–water partition coefficient (Wildman–Crippen LogP) is 4.20. The van der Waals surface area contributed by atoms with Gasteiger partial charge in [-0.3, -0.25) is 10.1 Å². The van der Waals surface area contributed by atoms with E-state index in [1.54, 1.807) is 12.1 Å². The van der Waals surface area contributed by atoms with E-state index < -0.39 is 4.92 Å². The molecule has 0 aromatic heterocycles. The van der Waals surface area contributed by atoms with Gasteiger partial charge in [0, 0.05) is 12.1 Å². The van der Waals surface area contributed by atoms with E-state index in [0.29, 0.717) is 0 Å². The van der Waals surface area contributed by atoms with Crippen molar-refractivity contribution in [2.75, 3.05) is 0 Å². The third-order valence-corrected chi connectivity index (χ3v) is 4.08. The predicted molar refractivity (Wildman–Crippen MR) is 69.3 cm³/mol. The van der Waals surface area contributed by atoms with Crippen LogP contribution in [-0.4, -0.2) is 4.92 Å². The highest BCUT2D eigenvalue weighted by Gasteiger charge is 2.28. The summed E-state index contributed by atoms with van der Waals surface area (Å²) < 4.78 is 13.2. The highest BCUT2D eigenvalue weighted by molar-refractivity contribution is 9.09. The van der Waals surface area contributed by atoms with Gasteiger partial charge < -0.3 is 0 Å². The van der Waals surface area contributed by atoms with E-state index in [1.807, 2.05) is 0 Å². The molecule has 0 spiro atoms. The lowest BCUT2D eigenvalue weighted by atomic mass is 10.1. The van der Waals surface area contributed by atoms with Gasteiger partial charge in [-0.25, -0.2) is 4.39 Å². The van der Waals surface area contributed by atoms with Gasteiger partial charge in [-0.2, -0.15) is 0 Å². The molecule has 0 amide bonds. The van der Waals surface area contributed by atoms with Crippen LogP contribution >= 0.6 is 15.9 Å². The van der Waals surface area contributed by atoms with E-state index in [9.17, 15) is 14.5 Å². The average molecular weight is 308 g/mol. The summed E-state index contributed by atoms with van der Waals surface area (Å²) in [4.78, 5) is 10.1. The van der Waals surface area contributed by atoms with Crippen LogP contribution in [0.15, 0.2) is 36.4 Å². The van der Waals surface area contributed by atoms with Crippen LogP contribution < -0.4 is 0 Å². The molecule has 0 radical (unpaired) electrons. The molecule has 0 unspecified atom stereocenters. The van der Waals surface area contributed by atoms with Gasteiger partial charge in [0.2, 0.25) is 0 Å². The second-order valence-electron chi connectivity index (χ2n) is 4.12. The van der Waals surface area contributed by atoms with Gasteiger partial charge in [0.25, 0.3) is 5.69 Å². The monoisotopic (exact) mass is 307 g/mol.